The number of hydrogen-bond donors (Lipinski definition) is 1. The Kier molecular flexibility index (Phi) is 8.40. The highest BCUT2D eigenvalue weighted by molar-refractivity contribution is 5.99. The van der Waals surface area contributed by atoms with Crippen LogP contribution >= 0.6 is 0 Å². The van der Waals surface area contributed by atoms with Gasteiger partial charge in [0, 0.05) is 12.1 Å². The van der Waals surface area contributed by atoms with Gasteiger partial charge in [0.05, 0.1) is 6.04 Å². The molecule has 0 radical (unpaired) electrons. The Morgan fingerprint density at radius 2 is 1.77 bits per heavy atom. The summed E-state index contributed by atoms with van der Waals surface area (Å²) in [4.78, 5) is 26.3. The Balaban J connectivity index is 1.65. The molecule has 3 rings (SSSR count). The molecule has 1 saturated heterocycles. The quantitative estimate of drug-likeness (QED) is 0.476. The third-order valence-corrected chi connectivity index (χ3v) is 5.58. The van der Waals surface area contributed by atoms with Crippen LogP contribution in [0.15, 0.2) is 48.5 Å². The van der Waals surface area contributed by atoms with Gasteiger partial charge in [-0.15, -0.1) is 0 Å². The summed E-state index contributed by atoms with van der Waals surface area (Å²) < 4.78 is 0. The maximum Gasteiger partial charge on any atom is 0.252 e. The van der Waals surface area contributed by atoms with E-state index in [1.54, 1.807) is 6.07 Å². The van der Waals surface area contributed by atoms with Gasteiger partial charge in [0.2, 0.25) is 0 Å². The van der Waals surface area contributed by atoms with Crippen molar-refractivity contribution in [3.8, 4) is 0 Å². The van der Waals surface area contributed by atoms with E-state index in [-0.39, 0.29) is 5.91 Å². The van der Waals surface area contributed by atoms with E-state index in [0.717, 1.165) is 30.4 Å². The number of nitrogens with one attached hydrogen (secondary N) is 1. The Bertz CT molecular complexity index is 852. The van der Waals surface area contributed by atoms with Crippen molar-refractivity contribution in [1.29, 1.82) is 0 Å². The molecule has 1 unspecified atom stereocenters. The molecule has 4 nitrogen and oxygen atoms in total. The van der Waals surface area contributed by atoms with Crippen molar-refractivity contribution in [1.82, 2.24) is 10.2 Å². The van der Waals surface area contributed by atoms with Crippen LogP contribution < -0.4 is 5.32 Å². The molecule has 158 valence electrons. The number of piperidine rings is 1. The second kappa shape index (κ2) is 11.5. The molecule has 1 N–H and O–H groups in total. The second-order valence-electron chi connectivity index (χ2n) is 8.00. The molecule has 1 heterocycles. The maximum atomic E-state index is 12.6. The molecule has 0 spiro atoms. The molecule has 1 fully saturated rings. The summed E-state index contributed by atoms with van der Waals surface area (Å²) in [6.45, 7) is 5.41. The largest absolute Gasteiger partial charge is 0.343 e. The molecular formula is C26H32N2O2. The number of carbonyl (C=O) groups excluding carboxylic acids is 2. The minimum absolute atomic E-state index is 0.210. The molecule has 1 aliphatic heterocycles. The van der Waals surface area contributed by atoms with Gasteiger partial charge in [0.25, 0.3) is 5.91 Å². The lowest BCUT2D eigenvalue weighted by atomic mass is 10.0. The highest BCUT2D eigenvalue weighted by Gasteiger charge is 2.14. The predicted octanol–water partition coefficient (Wildman–Crippen LogP) is 4.94. The number of aldehydes is 1. The molecule has 0 aromatic heterocycles. The van der Waals surface area contributed by atoms with E-state index in [2.05, 4.69) is 34.5 Å². The summed E-state index contributed by atoms with van der Waals surface area (Å²) in [7, 11) is 0. The van der Waals surface area contributed by atoms with Crippen LogP contribution in [0.25, 0.3) is 12.2 Å². The van der Waals surface area contributed by atoms with Crippen molar-refractivity contribution >= 4 is 24.3 Å². The molecule has 2 aromatic rings. The number of likely N-dealkylation sites (tertiary alicyclic amines) is 1. The molecular weight excluding hydrogens is 372 g/mol. The van der Waals surface area contributed by atoms with Gasteiger partial charge in [0.15, 0.2) is 0 Å². The van der Waals surface area contributed by atoms with Crippen molar-refractivity contribution in [2.45, 2.75) is 51.6 Å². The lowest BCUT2D eigenvalue weighted by molar-refractivity contribution is -0.109. The number of rotatable bonds is 9. The second-order valence-corrected chi connectivity index (χ2v) is 8.00. The molecule has 0 bridgehead atoms. The smallest absolute Gasteiger partial charge is 0.252 e. The van der Waals surface area contributed by atoms with Crippen LogP contribution in [-0.2, 0) is 11.3 Å². The van der Waals surface area contributed by atoms with Gasteiger partial charge in [-0.2, -0.15) is 0 Å². The first-order chi connectivity index (χ1) is 14.7. The Morgan fingerprint density at radius 1 is 1.03 bits per heavy atom. The molecule has 1 amide bonds. The van der Waals surface area contributed by atoms with E-state index in [1.165, 1.54) is 37.9 Å². The zero-order valence-electron chi connectivity index (χ0n) is 17.8. The summed E-state index contributed by atoms with van der Waals surface area (Å²) in [6, 6.07) is 15.7. The zero-order valence-corrected chi connectivity index (χ0v) is 17.8. The van der Waals surface area contributed by atoms with Crippen molar-refractivity contribution in [3.63, 3.8) is 0 Å². The fraction of sp³-hybridized carbons (Fsp3) is 0.385. The first-order valence-corrected chi connectivity index (χ1v) is 11.0. The molecule has 1 aliphatic rings. The molecule has 0 aliphatic carbocycles. The van der Waals surface area contributed by atoms with E-state index in [4.69, 9.17) is 0 Å². The lowest BCUT2D eigenvalue weighted by Gasteiger charge is -2.26. The Morgan fingerprint density at radius 3 is 2.47 bits per heavy atom. The van der Waals surface area contributed by atoms with Gasteiger partial charge in [-0.3, -0.25) is 9.69 Å². The normalized spacial score (nSPS) is 15.8. The highest BCUT2D eigenvalue weighted by Crippen LogP contribution is 2.16. The standard InChI is InChI=1S/C26H32N2O2/c1-2-8-24(20-29)27-26(30)25-10-5-4-9-23(25)16-15-21-11-13-22(14-12-21)19-28-17-6-3-7-18-28/h4-5,9-16,20,24H,2-3,6-8,17-19H2,1H3,(H,27,30). The molecule has 0 saturated carbocycles. The van der Waals surface area contributed by atoms with Gasteiger partial charge < -0.3 is 10.1 Å². The monoisotopic (exact) mass is 404 g/mol. The van der Waals surface area contributed by atoms with Crippen molar-refractivity contribution in [2.24, 2.45) is 0 Å². The SMILES string of the molecule is CCCC(C=O)NC(=O)c1ccccc1C=Cc1ccc(CN2CCCCC2)cc1. The first kappa shape index (κ1) is 22.0. The van der Waals surface area contributed by atoms with Crippen LogP contribution in [0.5, 0.6) is 0 Å². The van der Waals surface area contributed by atoms with Gasteiger partial charge in [-0.05, 0) is 55.1 Å². The van der Waals surface area contributed by atoms with E-state index in [9.17, 15) is 9.59 Å². The molecule has 2 aromatic carbocycles. The van der Waals surface area contributed by atoms with E-state index < -0.39 is 6.04 Å². The van der Waals surface area contributed by atoms with Gasteiger partial charge >= 0.3 is 0 Å². The van der Waals surface area contributed by atoms with Crippen LogP contribution in [0.4, 0.5) is 0 Å². The van der Waals surface area contributed by atoms with Gasteiger partial charge in [-0.1, -0.05) is 74.4 Å². The minimum Gasteiger partial charge on any atom is -0.343 e. The van der Waals surface area contributed by atoms with Crippen LogP contribution in [-0.4, -0.2) is 36.2 Å². The van der Waals surface area contributed by atoms with Crippen molar-refractivity contribution < 1.29 is 9.59 Å². The molecule has 30 heavy (non-hydrogen) atoms. The molecule has 4 heteroatoms. The number of amides is 1. The lowest BCUT2D eigenvalue weighted by Crippen LogP contribution is -2.36. The highest BCUT2D eigenvalue weighted by atomic mass is 16.2. The number of carbonyl (C=O) groups is 2. The first-order valence-electron chi connectivity index (χ1n) is 11.0. The molecule has 1 atom stereocenters. The fourth-order valence-corrected chi connectivity index (χ4v) is 3.88. The van der Waals surface area contributed by atoms with Crippen LogP contribution in [0.1, 0.15) is 66.1 Å². The minimum atomic E-state index is -0.438. The van der Waals surface area contributed by atoms with Gasteiger partial charge in [-0.25, -0.2) is 0 Å². The average molecular weight is 405 g/mol. The third-order valence-electron chi connectivity index (χ3n) is 5.58. The maximum absolute atomic E-state index is 12.6. The summed E-state index contributed by atoms with van der Waals surface area (Å²) in [6.07, 6.45) is 10.3. The topological polar surface area (TPSA) is 49.4 Å². The summed E-state index contributed by atoms with van der Waals surface area (Å²) in [5.41, 5.74) is 3.86. The Labute approximate surface area is 180 Å². The van der Waals surface area contributed by atoms with Crippen molar-refractivity contribution in [2.75, 3.05) is 13.1 Å². The van der Waals surface area contributed by atoms with E-state index in [1.807, 2.05) is 37.3 Å². The van der Waals surface area contributed by atoms with Crippen LogP contribution in [0, 0.1) is 0 Å². The average Bonchev–Trinajstić information content (AvgIpc) is 2.79. The van der Waals surface area contributed by atoms with E-state index in [0.29, 0.717) is 12.0 Å². The zero-order chi connectivity index (χ0) is 21.2. The fourth-order valence-electron chi connectivity index (χ4n) is 3.88. The number of benzene rings is 2. The van der Waals surface area contributed by atoms with Gasteiger partial charge in [0.1, 0.15) is 6.29 Å². The van der Waals surface area contributed by atoms with Crippen molar-refractivity contribution in [3.05, 3.63) is 70.8 Å². The number of nitrogens with zero attached hydrogens (tertiary/aromatic N) is 1. The Hall–Kier alpha value is -2.72. The summed E-state index contributed by atoms with van der Waals surface area (Å²) >= 11 is 0. The predicted molar refractivity (Wildman–Crippen MR) is 123 cm³/mol. The van der Waals surface area contributed by atoms with Crippen LogP contribution in [0.3, 0.4) is 0 Å². The summed E-state index contributed by atoms with van der Waals surface area (Å²) in [5, 5.41) is 2.82. The van der Waals surface area contributed by atoms with Crippen LogP contribution in [0.2, 0.25) is 0 Å². The third kappa shape index (κ3) is 6.39. The van der Waals surface area contributed by atoms with E-state index >= 15 is 0 Å². The summed E-state index contributed by atoms with van der Waals surface area (Å²) in [5.74, 6) is -0.210. The number of hydrogen-bond acceptors (Lipinski definition) is 3.